The Hall–Kier alpha value is -6.64. The maximum absolute atomic E-state index is 9.79. The van der Waals surface area contributed by atoms with Gasteiger partial charge in [0.1, 0.15) is 11.2 Å². The summed E-state index contributed by atoms with van der Waals surface area (Å²) >= 11 is 0. The molecule has 0 bridgehead atoms. The number of hydrogen-bond acceptors (Lipinski definition) is 2. The van der Waals surface area contributed by atoms with Gasteiger partial charge in [0.15, 0.2) is 0 Å². The Bertz CT molecular complexity index is 3220. The maximum atomic E-state index is 9.79. The van der Waals surface area contributed by atoms with E-state index in [2.05, 4.69) is 175 Å². The maximum Gasteiger partial charge on any atom is 0.137 e. The molecule has 4 aliphatic rings. The van der Waals surface area contributed by atoms with E-state index in [9.17, 15) is 2.74 Å². The Morgan fingerprint density at radius 3 is 1.77 bits per heavy atom. The highest BCUT2D eigenvalue weighted by Crippen LogP contribution is 2.65. The lowest BCUT2D eigenvalue weighted by atomic mass is 9.69. The number of furan rings is 1. The number of anilines is 3. The Labute approximate surface area is 360 Å². The molecule has 0 radical (unpaired) electrons. The average molecular weight is 788 g/mol. The van der Waals surface area contributed by atoms with E-state index in [4.69, 9.17) is 4.42 Å². The van der Waals surface area contributed by atoms with Gasteiger partial charge in [0.25, 0.3) is 0 Å². The van der Waals surface area contributed by atoms with E-state index in [0.717, 1.165) is 113 Å². The van der Waals surface area contributed by atoms with Crippen molar-refractivity contribution in [2.75, 3.05) is 4.90 Å². The van der Waals surface area contributed by atoms with Gasteiger partial charge in [0.05, 0.1) is 16.8 Å². The summed E-state index contributed by atoms with van der Waals surface area (Å²) in [5.41, 5.74) is 18.8. The van der Waals surface area contributed by atoms with E-state index in [1.807, 2.05) is 6.07 Å². The summed E-state index contributed by atoms with van der Waals surface area (Å²) < 4.78 is 26.2. The van der Waals surface area contributed by atoms with Crippen LogP contribution in [0.1, 0.15) is 99.3 Å². The number of rotatable bonds is 6. The molecule has 13 rings (SSSR count). The van der Waals surface area contributed by atoms with E-state index in [1.54, 1.807) is 0 Å². The molecule has 2 saturated carbocycles. The fourth-order valence-corrected chi connectivity index (χ4v) is 11.8. The first kappa shape index (κ1) is 33.1. The number of para-hydroxylation sites is 2. The van der Waals surface area contributed by atoms with Crippen molar-refractivity contribution >= 4 is 39.0 Å². The summed E-state index contributed by atoms with van der Waals surface area (Å²) in [7, 11) is 0. The van der Waals surface area contributed by atoms with Gasteiger partial charge in [0, 0.05) is 36.4 Å². The molecule has 0 unspecified atom stereocenters. The van der Waals surface area contributed by atoms with Crippen molar-refractivity contribution in [2.45, 2.75) is 68.6 Å². The molecule has 0 aliphatic heterocycles. The molecule has 61 heavy (non-hydrogen) atoms. The van der Waals surface area contributed by atoms with Crippen LogP contribution in [0.15, 0.2) is 180 Å². The van der Waals surface area contributed by atoms with Crippen LogP contribution in [-0.2, 0) is 5.41 Å². The molecule has 2 heteroatoms. The van der Waals surface area contributed by atoms with Gasteiger partial charge in [-0.2, -0.15) is 0 Å². The molecule has 0 amide bonds. The van der Waals surface area contributed by atoms with Gasteiger partial charge in [-0.25, -0.2) is 0 Å². The van der Waals surface area contributed by atoms with Crippen LogP contribution in [-0.4, -0.2) is 0 Å². The number of fused-ring (bicyclic) bond motifs is 13. The lowest BCUT2D eigenvalue weighted by Gasteiger charge is -2.33. The molecule has 4 aliphatic carbocycles. The molecule has 0 saturated heterocycles. The Kier molecular flexibility index (Phi) is 7.44. The molecule has 1 spiro atoms. The van der Waals surface area contributed by atoms with Crippen molar-refractivity contribution in [3.63, 3.8) is 0 Å². The van der Waals surface area contributed by atoms with Gasteiger partial charge >= 0.3 is 0 Å². The van der Waals surface area contributed by atoms with Crippen LogP contribution in [0.4, 0.5) is 17.1 Å². The normalized spacial score (nSPS) is 17.8. The van der Waals surface area contributed by atoms with Crippen LogP contribution in [0.3, 0.4) is 0 Å². The molecule has 8 aromatic carbocycles. The zero-order valence-electron chi connectivity index (χ0n) is 36.3. The van der Waals surface area contributed by atoms with Crippen LogP contribution >= 0.6 is 0 Å². The third-order valence-electron chi connectivity index (χ3n) is 14.5. The second-order valence-corrected chi connectivity index (χ2v) is 17.6. The fraction of sp³-hybridized carbons (Fsp3) is 0.186. The lowest BCUT2D eigenvalue weighted by Crippen LogP contribution is -2.26. The second-order valence-electron chi connectivity index (χ2n) is 17.6. The zero-order valence-corrected chi connectivity index (χ0v) is 34.3. The molecular weight excluding hydrogens is 739 g/mol. The van der Waals surface area contributed by atoms with Crippen molar-refractivity contribution < 1.29 is 7.16 Å². The van der Waals surface area contributed by atoms with E-state index in [1.165, 1.54) is 44.5 Å². The van der Waals surface area contributed by atoms with Crippen LogP contribution in [0.5, 0.6) is 0 Å². The molecule has 2 fully saturated rings. The molecule has 2 nitrogen and oxygen atoms in total. The van der Waals surface area contributed by atoms with E-state index >= 15 is 0 Å². The summed E-state index contributed by atoms with van der Waals surface area (Å²) in [4.78, 5) is 2.46. The molecule has 1 heterocycles. The largest absolute Gasteiger partial charge is 0.456 e. The van der Waals surface area contributed by atoms with Crippen molar-refractivity contribution in [3.05, 3.63) is 209 Å². The van der Waals surface area contributed by atoms with E-state index in [0.29, 0.717) is 0 Å². The van der Waals surface area contributed by atoms with Gasteiger partial charge in [-0.15, -0.1) is 0 Å². The third kappa shape index (κ3) is 5.15. The van der Waals surface area contributed by atoms with Gasteiger partial charge in [-0.3, -0.25) is 0 Å². The van der Waals surface area contributed by atoms with E-state index < -0.39 is 17.2 Å². The molecule has 0 atom stereocenters. The van der Waals surface area contributed by atoms with Crippen LogP contribution in [0.2, 0.25) is 0 Å². The predicted octanol–water partition coefficient (Wildman–Crippen LogP) is 16.4. The minimum absolute atomic E-state index is 0.596. The van der Waals surface area contributed by atoms with Crippen LogP contribution in [0.25, 0.3) is 55.3 Å². The molecule has 9 aromatic rings. The Balaban J connectivity index is 1.12. The summed E-state index contributed by atoms with van der Waals surface area (Å²) in [6, 6.07) is 64.6. The zero-order chi connectivity index (χ0) is 41.9. The Morgan fingerprint density at radius 2 is 1.03 bits per heavy atom. The smallest absolute Gasteiger partial charge is 0.137 e. The molecule has 0 N–H and O–H groups in total. The summed E-state index contributed by atoms with van der Waals surface area (Å²) in [6.07, 6.45) is 7.93. The van der Waals surface area contributed by atoms with Crippen molar-refractivity contribution in [1.82, 2.24) is 0 Å². The van der Waals surface area contributed by atoms with Gasteiger partial charge < -0.3 is 9.32 Å². The first-order valence-corrected chi connectivity index (χ1v) is 22.3. The first-order chi connectivity index (χ1) is 30.9. The average Bonchev–Trinajstić information content (AvgIpc) is 4.17. The third-order valence-corrected chi connectivity index (χ3v) is 14.5. The predicted molar refractivity (Wildman–Crippen MR) is 253 cm³/mol. The SMILES string of the molecule is [2H]C1(c2ccc3c(c2)C2(c4cc(C5([2H])CCCC5)ccc4-3)c3ccccc3-c3c(N(c4ccc5c(c4)oc4ccccc45)c4ccccc4-c4ccccc4)cccc32)CCCC1. The highest BCUT2D eigenvalue weighted by atomic mass is 16.3. The number of hydrogen-bond donors (Lipinski definition) is 0. The minimum Gasteiger partial charge on any atom is -0.456 e. The number of nitrogens with zero attached hydrogens (tertiary/aromatic N) is 1. The summed E-state index contributed by atoms with van der Waals surface area (Å²) in [5, 5.41) is 2.21. The molecular formula is C59H47NO. The Morgan fingerprint density at radius 1 is 0.443 bits per heavy atom. The topological polar surface area (TPSA) is 16.4 Å². The highest BCUT2D eigenvalue weighted by Gasteiger charge is 2.53. The van der Waals surface area contributed by atoms with Gasteiger partial charge in [-0.1, -0.05) is 165 Å². The van der Waals surface area contributed by atoms with Crippen molar-refractivity contribution in [3.8, 4) is 33.4 Å². The number of benzene rings is 8. The van der Waals surface area contributed by atoms with Crippen molar-refractivity contribution in [2.24, 2.45) is 0 Å². The summed E-state index contributed by atoms with van der Waals surface area (Å²) in [6.45, 7) is 0. The van der Waals surface area contributed by atoms with Gasteiger partial charge in [0.2, 0.25) is 0 Å². The van der Waals surface area contributed by atoms with Crippen molar-refractivity contribution in [1.29, 1.82) is 0 Å². The summed E-state index contributed by atoms with van der Waals surface area (Å²) in [5.74, 6) is -1.19. The van der Waals surface area contributed by atoms with Crippen LogP contribution < -0.4 is 4.90 Å². The highest BCUT2D eigenvalue weighted by molar-refractivity contribution is 6.07. The molecule has 1 aromatic heterocycles. The fourth-order valence-electron chi connectivity index (χ4n) is 11.8. The first-order valence-electron chi connectivity index (χ1n) is 23.3. The molecule has 294 valence electrons. The lowest BCUT2D eigenvalue weighted by molar-refractivity contribution is 0.669. The standard InChI is InChI=1S/C59H47NO/c1-2-19-40(20-3-1)44-21-9-12-26-54(44)60(43-31-34-48-47-22-10-13-28-56(47)61-57(48)37-43)55-27-14-25-51-58(55)49-23-8-11-24-50(49)59(51)52-35-41(38-15-4-5-16-38)29-32-45(52)46-33-30-42(36-53(46)59)39-17-6-7-18-39/h1-3,8-14,19-39H,4-7,15-18H2/i38D,39D. The second kappa shape index (κ2) is 13.7. The minimum atomic E-state index is -0.643. The quantitative estimate of drug-likeness (QED) is 0.167. The van der Waals surface area contributed by atoms with Crippen LogP contribution in [0, 0.1) is 0 Å². The monoisotopic (exact) mass is 787 g/mol. The van der Waals surface area contributed by atoms with Gasteiger partial charge in [-0.05, 0) is 123 Å². The van der Waals surface area contributed by atoms with E-state index in [-0.39, 0.29) is 0 Å².